The van der Waals surface area contributed by atoms with E-state index in [1.54, 1.807) is 0 Å². The SMILES string of the molecule is O=CCCSC(C=O)CC(=O)NCCCO. The van der Waals surface area contributed by atoms with E-state index >= 15 is 0 Å². The minimum atomic E-state index is -0.394. The van der Waals surface area contributed by atoms with Gasteiger partial charge in [-0.3, -0.25) is 4.79 Å². The molecule has 0 aromatic rings. The second kappa shape index (κ2) is 10.6. The Hall–Kier alpha value is -0.880. The average Bonchev–Trinajstić information content (AvgIpc) is 2.28. The fourth-order valence-electron chi connectivity index (χ4n) is 0.976. The smallest absolute Gasteiger partial charge is 0.221 e. The zero-order valence-corrected chi connectivity index (χ0v) is 9.87. The number of amides is 1. The lowest BCUT2D eigenvalue weighted by Crippen LogP contribution is -2.28. The van der Waals surface area contributed by atoms with Gasteiger partial charge in [-0.15, -0.1) is 11.8 Å². The first-order chi connectivity index (χ1) is 7.74. The van der Waals surface area contributed by atoms with Crippen molar-refractivity contribution in [3.8, 4) is 0 Å². The summed E-state index contributed by atoms with van der Waals surface area (Å²) in [5, 5.41) is 10.7. The van der Waals surface area contributed by atoms with Crippen LogP contribution in [-0.2, 0) is 14.4 Å². The van der Waals surface area contributed by atoms with Crippen LogP contribution in [0.2, 0.25) is 0 Å². The summed E-state index contributed by atoms with van der Waals surface area (Å²) in [7, 11) is 0. The van der Waals surface area contributed by atoms with Crippen molar-refractivity contribution in [3.05, 3.63) is 0 Å². The molecule has 0 aliphatic rings. The van der Waals surface area contributed by atoms with E-state index in [1.807, 2.05) is 0 Å². The number of carbonyl (C=O) groups excluding carboxylic acids is 3. The Labute approximate surface area is 99.0 Å². The molecule has 5 nitrogen and oxygen atoms in total. The van der Waals surface area contributed by atoms with Crippen molar-refractivity contribution in [3.63, 3.8) is 0 Å². The molecule has 2 N–H and O–H groups in total. The van der Waals surface area contributed by atoms with Crippen molar-refractivity contribution < 1.29 is 19.5 Å². The zero-order chi connectivity index (χ0) is 12.2. The molecular weight excluding hydrogens is 230 g/mol. The van der Waals surface area contributed by atoms with Crippen LogP contribution in [0.15, 0.2) is 0 Å². The monoisotopic (exact) mass is 247 g/mol. The van der Waals surface area contributed by atoms with Crippen LogP contribution in [0.1, 0.15) is 19.3 Å². The highest BCUT2D eigenvalue weighted by atomic mass is 32.2. The molecular formula is C10H17NO4S. The summed E-state index contributed by atoms with van der Waals surface area (Å²) < 4.78 is 0. The molecule has 0 saturated carbocycles. The summed E-state index contributed by atoms with van der Waals surface area (Å²) >= 11 is 1.30. The largest absolute Gasteiger partial charge is 0.396 e. The lowest BCUT2D eigenvalue weighted by Gasteiger charge is -2.09. The molecule has 1 atom stereocenters. The molecule has 0 aliphatic carbocycles. The van der Waals surface area contributed by atoms with E-state index in [9.17, 15) is 14.4 Å². The van der Waals surface area contributed by atoms with Crippen LogP contribution in [0.4, 0.5) is 0 Å². The molecule has 0 spiro atoms. The summed E-state index contributed by atoms with van der Waals surface area (Å²) in [6.07, 6.45) is 2.53. The molecule has 0 aliphatic heterocycles. The van der Waals surface area contributed by atoms with Crippen LogP contribution >= 0.6 is 11.8 Å². The normalized spacial score (nSPS) is 11.8. The van der Waals surface area contributed by atoms with E-state index in [2.05, 4.69) is 5.32 Å². The zero-order valence-electron chi connectivity index (χ0n) is 9.05. The lowest BCUT2D eigenvalue weighted by molar-refractivity contribution is -0.122. The molecule has 0 aromatic carbocycles. The van der Waals surface area contributed by atoms with Crippen molar-refractivity contribution >= 4 is 30.2 Å². The van der Waals surface area contributed by atoms with E-state index in [-0.39, 0.29) is 18.9 Å². The number of nitrogens with one attached hydrogen (secondary N) is 1. The Balaban J connectivity index is 3.69. The number of hydrogen-bond acceptors (Lipinski definition) is 5. The number of carbonyl (C=O) groups is 3. The molecule has 0 radical (unpaired) electrons. The van der Waals surface area contributed by atoms with Gasteiger partial charge in [0.25, 0.3) is 0 Å². The molecule has 0 bridgehead atoms. The third-order valence-corrected chi connectivity index (χ3v) is 2.94. The van der Waals surface area contributed by atoms with Gasteiger partial charge >= 0.3 is 0 Å². The third-order valence-electron chi connectivity index (χ3n) is 1.76. The van der Waals surface area contributed by atoms with E-state index in [1.165, 1.54) is 11.8 Å². The van der Waals surface area contributed by atoms with Gasteiger partial charge in [-0.25, -0.2) is 0 Å². The number of thioether (sulfide) groups is 1. The predicted molar refractivity (Wildman–Crippen MR) is 62.3 cm³/mol. The number of aliphatic hydroxyl groups excluding tert-OH is 1. The molecule has 0 aromatic heterocycles. The lowest BCUT2D eigenvalue weighted by atomic mass is 10.3. The Morgan fingerprint density at radius 2 is 2.19 bits per heavy atom. The molecule has 16 heavy (non-hydrogen) atoms. The van der Waals surface area contributed by atoms with Crippen molar-refractivity contribution in [2.75, 3.05) is 18.9 Å². The second-order valence-corrected chi connectivity index (χ2v) is 4.48. The molecule has 0 rings (SSSR count). The Kier molecular flexibility index (Phi) is 10.0. The number of aliphatic hydroxyl groups is 1. The fourth-order valence-corrected chi connectivity index (χ4v) is 1.86. The summed E-state index contributed by atoms with van der Waals surface area (Å²) in [5.41, 5.74) is 0. The number of rotatable bonds is 10. The third kappa shape index (κ3) is 8.43. The van der Waals surface area contributed by atoms with Gasteiger partial charge in [-0.2, -0.15) is 0 Å². The minimum Gasteiger partial charge on any atom is -0.396 e. The number of hydrogen-bond donors (Lipinski definition) is 2. The Morgan fingerprint density at radius 3 is 2.75 bits per heavy atom. The van der Waals surface area contributed by atoms with Crippen LogP contribution < -0.4 is 5.32 Å². The summed E-state index contributed by atoms with van der Waals surface area (Å²) in [4.78, 5) is 32.0. The van der Waals surface area contributed by atoms with Gasteiger partial charge in [0.15, 0.2) is 0 Å². The molecule has 92 valence electrons. The Bertz CT molecular complexity index is 223. The highest BCUT2D eigenvalue weighted by Crippen LogP contribution is 2.13. The van der Waals surface area contributed by atoms with Gasteiger partial charge in [0.1, 0.15) is 12.6 Å². The quantitative estimate of drug-likeness (QED) is 0.411. The van der Waals surface area contributed by atoms with Crippen LogP contribution in [0.25, 0.3) is 0 Å². The first-order valence-corrected chi connectivity index (χ1v) is 6.17. The predicted octanol–water partition coefficient (Wildman–Crippen LogP) is -0.235. The van der Waals surface area contributed by atoms with Gasteiger partial charge < -0.3 is 20.0 Å². The molecule has 0 saturated heterocycles. The highest BCUT2D eigenvalue weighted by Gasteiger charge is 2.12. The van der Waals surface area contributed by atoms with Crippen LogP contribution in [0, 0.1) is 0 Å². The first kappa shape index (κ1) is 15.1. The molecule has 1 unspecified atom stereocenters. The van der Waals surface area contributed by atoms with Gasteiger partial charge in [-0.05, 0) is 6.42 Å². The van der Waals surface area contributed by atoms with Gasteiger partial charge in [-0.1, -0.05) is 0 Å². The van der Waals surface area contributed by atoms with Gasteiger partial charge in [0.2, 0.25) is 5.91 Å². The fraction of sp³-hybridized carbons (Fsp3) is 0.700. The second-order valence-electron chi connectivity index (χ2n) is 3.13. The molecule has 0 heterocycles. The maximum absolute atomic E-state index is 11.3. The first-order valence-electron chi connectivity index (χ1n) is 5.12. The summed E-state index contributed by atoms with van der Waals surface area (Å²) in [5.74, 6) is 0.348. The number of aldehydes is 2. The maximum Gasteiger partial charge on any atom is 0.221 e. The Morgan fingerprint density at radius 1 is 1.44 bits per heavy atom. The summed E-state index contributed by atoms with van der Waals surface area (Å²) in [6, 6.07) is 0. The maximum atomic E-state index is 11.3. The van der Waals surface area contributed by atoms with Crippen molar-refractivity contribution in [2.24, 2.45) is 0 Å². The van der Waals surface area contributed by atoms with Crippen molar-refractivity contribution in [1.29, 1.82) is 0 Å². The highest BCUT2D eigenvalue weighted by molar-refractivity contribution is 8.00. The van der Waals surface area contributed by atoms with Crippen LogP contribution in [0.5, 0.6) is 0 Å². The minimum absolute atomic E-state index is 0.0332. The van der Waals surface area contributed by atoms with Gasteiger partial charge in [0.05, 0.1) is 5.25 Å². The van der Waals surface area contributed by atoms with E-state index < -0.39 is 5.25 Å². The van der Waals surface area contributed by atoms with Crippen molar-refractivity contribution in [2.45, 2.75) is 24.5 Å². The van der Waals surface area contributed by atoms with E-state index in [4.69, 9.17) is 5.11 Å². The van der Waals surface area contributed by atoms with Gasteiger partial charge in [0, 0.05) is 31.7 Å². The van der Waals surface area contributed by atoms with Crippen LogP contribution in [-0.4, -0.2) is 47.7 Å². The van der Waals surface area contributed by atoms with E-state index in [0.717, 1.165) is 12.6 Å². The summed E-state index contributed by atoms with van der Waals surface area (Å²) in [6.45, 7) is 0.450. The molecule has 0 fully saturated rings. The van der Waals surface area contributed by atoms with E-state index in [0.29, 0.717) is 25.1 Å². The standard InChI is InChI=1S/C10H17NO4S/c12-4-1-3-11-10(15)7-9(8-14)16-6-2-5-13/h5,8-9,12H,1-4,6-7H2,(H,11,15). The molecule has 1 amide bonds. The average molecular weight is 247 g/mol. The van der Waals surface area contributed by atoms with Crippen molar-refractivity contribution in [1.82, 2.24) is 5.32 Å². The topological polar surface area (TPSA) is 83.5 Å². The molecule has 6 heteroatoms. The van der Waals surface area contributed by atoms with Crippen LogP contribution in [0.3, 0.4) is 0 Å².